The van der Waals surface area contributed by atoms with E-state index < -0.39 is 0 Å². The van der Waals surface area contributed by atoms with Crippen molar-refractivity contribution < 1.29 is 0 Å². The molecule has 3 heterocycles. The van der Waals surface area contributed by atoms with Crippen molar-refractivity contribution >= 4 is 0 Å². The number of hydrogen-bond donors (Lipinski definition) is 0. The zero-order chi connectivity index (χ0) is 31.3. The van der Waals surface area contributed by atoms with E-state index in [1.807, 2.05) is 60.3 Å². The van der Waals surface area contributed by atoms with Gasteiger partial charge in [-0.1, -0.05) is 83.1 Å². The highest BCUT2D eigenvalue weighted by molar-refractivity contribution is 5.12. The van der Waals surface area contributed by atoms with Gasteiger partial charge in [-0.15, -0.1) is 0 Å². The minimum Gasteiger partial charge on any atom is -0.349 e. The van der Waals surface area contributed by atoms with E-state index in [2.05, 4.69) is 131 Å². The van der Waals surface area contributed by atoms with E-state index in [1.54, 1.807) is 0 Å². The van der Waals surface area contributed by atoms with E-state index in [1.165, 1.54) is 17.1 Å². The predicted octanol–water partition coefficient (Wildman–Crippen LogP) is 11.4. The van der Waals surface area contributed by atoms with Crippen molar-refractivity contribution in [1.29, 1.82) is 0 Å². The van der Waals surface area contributed by atoms with E-state index in [4.69, 9.17) is 0 Å². The average Bonchev–Trinajstić information content (AvgIpc) is 3.68. The van der Waals surface area contributed by atoms with E-state index in [9.17, 15) is 0 Å². The zero-order valence-electron chi connectivity index (χ0n) is 29.2. The quantitative estimate of drug-likeness (QED) is 0.309. The fraction of sp³-hybridized carbons (Fsp3) is 0.706. The molecule has 0 radical (unpaired) electrons. The Morgan fingerprint density at radius 1 is 0.538 bits per heavy atom. The Morgan fingerprint density at radius 2 is 1.00 bits per heavy atom. The lowest BCUT2D eigenvalue weighted by molar-refractivity contribution is 0.498. The molecule has 228 valence electrons. The molecule has 0 fully saturated rings. The third kappa shape index (κ3) is 15.2. The molecule has 0 unspecified atom stereocenters. The molecule has 0 bridgehead atoms. The van der Waals surface area contributed by atoms with Gasteiger partial charge in [-0.3, -0.25) is 4.68 Å². The summed E-state index contributed by atoms with van der Waals surface area (Å²) in [5, 5.41) is 4.25. The van der Waals surface area contributed by atoms with Crippen LogP contribution in [0.25, 0.3) is 0 Å². The van der Waals surface area contributed by atoms with Gasteiger partial charge in [-0.05, 0) is 77.5 Å². The molecule has 0 aliphatic carbocycles. The summed E-state index contributed by atoms with van der Waals surface area (Å²) in [7, 11) is 0. The number of nitrogens with zero attached hydrogens (tertiary/aromatic N) is 5. The molecular weight excluding hydrogens is 478 g/mol. The summed E-state index contributed by atoms with van der Waals surface area (Å²) in [6, 6.07) is 7.99. The first-order valence-corrected chi connectivity index (χ1v) is 15.6. The Balaban J connectivity index is -0.000000453. The Hall–Kier alpha value is -2.30. The first-order valence-electron chi connectivity index (χ1n) is 15.6. The molecule has 0 aromatic carbocycles. The van der Waals surface area contributed by atoms with Crippen molar-refractivity contribution in [3.05, 3.63) is 60.2 Å². The second kappa shape index (κ2) is 23.6. The van der Waals surface area contributed by atoms with Crippen molar-refractivity contribution in [1.82, 2.24) is 23.9 Å². The Bertz CT molecular complexity index is 721. The molecule has 5 heteroatoms. The van der Waals surface area contributed by atoms with Crippen LogP contribution < -0.4 is 0 Å². The van der Waals surface area contributed by atoms with Gasteiger partial charge < -0.3 is 9.13 Å². The summed E-state index contributed by atoms with van der Waals surface area (Å²) in [5.74, 6) is 1.77. The fourth-order valence-corrected chi connectivity index (χ4v) is 3.77. The standard InChI is InChI=1S/C10H17N.2C9H16N2.3C2H6/c1-8(2)10-6-5-7-11(10)9(3)4;1-7(2)9-5-10-6-11(9)8(3)4;1-7(2)9-5-6-10-11(9)8(3)4;3*1-2/h5-9H,1-4H3;2*5-8H,1-4H3;3*1-2H3. The van der Waals surface area contributed by atoms with Crippen LogP contribution in [0.5, 0.6) is 0 Å². The van der Waals surface area contributed by atoms with Crippen LogP contribution >= 0.6 is 0 Å². The average molecular weight is 546 g/mol. The molecule has 0 saturated heterocycles. The van der Waals surface area contributed by atoms with Crippen molar-refractivity contribution in [3.63, 3.8) is 0 Å². The molecule has 0 aliphatic heterocycles. The minimum absolute atomic E-state index is 0.474. The number of imidazole rings is 1. The SMILES string of the molecule is CC.CC.CC.CC(C)c1cccn1C(C)C.CC(C)c1ccnn1C(C)C.CC(C)c1cncn1C(C)C. The van der Waals surface area contributed by atoms with E-state index >= 15 is 0 Å². The third-order valence-corrected chi connectivity index (χ3v) is 5.59. The molecule has 0 aliphatic rings. The van der Waals surface area contributed by atoms with Crippen LogP contribution in [0.3, 0.4) is 0 Å². The minimum atomic E-state index is 0.474. The van der Waals surface area contributed by atoms with Crippen molar-refractivity contribution in [3.8, 4) is 0 Å². The lowest BCUT2D eigenvalue weighted by Gasteiger charge is -2.14. The molecule has 0 spiro atoms. The molecule has 3 aromatic heterocycles. The van der Waals surface area contributed by atoms with Crippen LogP contribution in [0.4, 0.5) is 0 Å². The van der Waals surface area contributed by atoms with Crippen molar-refractivity contribution in [2.75, 3.05) is 0 Å². The Labute approximate surface area is 244 Å². The van der Waals surface area contributed by atoms with Crippen LogP contribution in [-0.2, 0) is 0 Å². The fourth-order valence-electron chi connectivity index (χ4n) is 3.77. The molecule has 0 N–H and O–H groups in total. The van der Waals surface area contributed by atoms with Gasteiger partial charge in [0.25, 0.3) is 0 Å². The van der Waals surface area contributed by atoms with Gasteiger partial charge >= 0.3 is 0 Å². The number of aromatic nitrogens is 5. The second-order valence-electron chi connectivity index (χ2n) is 10.5. The summed E-state index contributed by atoms with van der Waals surface area (Å²) in [5.41, 5.74) is 4.07. The van der Waals surface area contributed by atoms with E-state index in [-0.39, 0.29) is 0 Å². The topological polar surface area (TPSA) is 40.6 Å². The molecule has 3 rings (SSSR count). The van der Waals surface area contributed by atoms with Gasteiger partial charge in [0.15, 0.2) is 0 Å². The molecule has 0 amide bonds. The maximum atomic E-state index is 4.25. The molecule has 39 heavy (non-hydrogen) atoms. The maximum Gasteiger partial charge on any atom is 0.0950 e. The summed E-state index contributed by atoms with van der Waals surface area (Å²) in [6.45, 7) is 38.3. The lowest BCUT2D eigenvalue weighted by atomic mass is 10.1. The molecule has 0 atom stereocenters. The first-order chi connectivity index (χ1) is 18.4. The van der Waals surface area contributed by atoms with Gasteiger partial charge in [-0.2, -0.15) is 5.10 Å². The highest BCUT2D eigenvalue weighted by Gasteiger charge is 2.09. The molecular formula is C34H67N5. The molecule has 3 aromatic rings. The van der Waals surface area contributed by atoms with Crippen LogP contribution in [0.15, 0.2) is 43.1 Å². The van der Waals surface area contributed by atoms with Crippen LogP contribution in [0.1, 0.15) is 178 Å². The summed E-state index contributed by atoms with van der Waals surface area (Å²) < 4.78 is 6.61. The normalized spacial score (nSPS) is 10.2. The monoisotopic (exact) mass is 546 g/mol. The lowest BCUT2D eigenvalue weighted by Crippen LogP contribution is -2.08. The summed E-state index contributed by atoms with van der Waals surface area (Å²) in [6.07, 6.45) is 7.87. The zero-order valence-corrected chi connectivity index (χ0v) is 29.2. The number of hydrogen-bond acceptors (Lipinski definition) is 2. The highest BCUT2D eigenvalue weighted by atomic mass is 15.3. The van der Waals surface area contributed by atoms with Crippen molar-refractivity contribution in [2.45, 2.75) is 161 Å². The van der Waals surface area contributed by atoms with Gasteiger partial charge in [0.2, 0.25) is 0 Å². The Kier molecular flexibility index (Phi) is 24.9. The van der Waals surface area contributed by atoms with Crippen LogP contribution in [-0.4, -0.2) is 23.9 Å². The van der Waals surface area contributed by atoms with Crippen molar-refractivity contribution in [2.24, 2.45) is 0 Å². The maximum absolute atomic E-state index is 4.25. The van der Waals surface area contributed by atoms with E-state index in [0.717, 1.165) is 0 Å². The third-order valence-electron chi connectivity index (χ3n) is 5.59. The van der Waals surface area contributed by atoms with Gasteiger partial charge in [0, 0.05) is 53.8 Å². The second-order valence-corrected chi connectivity index (χ2v) is 10.5. The smallest absolute Gasteiger partial charge is 0.0950 e. The predicted molar refractivity (Wildman–Crippen MR) is 176 cm³/mol. The summed E-state index contributed by atoms with van der Waals surface area (Å²) >= 11 is 0. The van der Waals surface area contributed by atoms with Crippen LogP contribution in [0.2, 0.25) is 0 Å². The highest BCUT2D eigenvalue weighted by Crippen LogP contribution is 2.19. The first kappa shape index (κ1) is 41.2. The number of rotatable bonds is 6. The Morgan fingerprint density at radius 3 is 1.31 bits per heavy atom. The van der Waals surface area contributed by atoms with E-state index in [0.29, 0.717) is 35.9 Å². The summed E-state index contributed by atoms with van der Waals surface area (Å²) in [4.78, 5) is 4.13. The molecule has 0 saturated carbocycles. The van der Waals surface area contributed by atoms with Gasteiger partial charge in [-0.25, -0.2) is 4.98 Å². The molecule has 5 nitrogen and oxygen atoms in total. The van der Waals surface area contributed by atoms with Gasteiger partial charge in [0.1, 0.15) is 0 Å². The van der Waals surface area contributed by atoms with Crippen LogP contribution in [0, 0.1) is 0 Å². The largest absolute Gasteiger partial charge is 0.349 e. The van der Waals surface area contributed by atoms with Gasteiger partial charge in [0.05, 0.1) is 6.33 Å².